The first-order valence-electron chi connectivity index (χ1n) is 2.45. The Morgan fingerprint density at radius 3 is 2.60 bits per heavy atom. The average molecular weight is 272 g/mol. The molecule has 0 fully saturated rings. The highest BCUT2D eigenvalue weighted by molar-refractivity contribution is 14.1. The van der Waals surface area contributed by atoms with Gasteiger partial charge in [-0.15, -0.1) is 0 Å². The van der Waals surface area contributed by atoms with Crippen molar-refractivity contribution in [2.24, 2.45) is 0 Å². The first kappa shape index (κ1) is 8.07. The van der Waals surface area contributed by atoms with Crippen molar-refractivity contribution >= 4 is 34.2 Å². The maximum Gasteiger partial charge on any atom is 0.178 e. The number of halogens is 3. The summed E-state index contributed by atoms with van der Waals surface area (Å²) < 4.78 is 12.9. The normalized spacial score (nSPS) is 9.90. The quantitative estimate of drug-likeness (QED) is 0.569. The lowest BCUT2D eigenvalue weighted by Crippen LogP contribution is -1.81. The Morgan fingerprint density at radius 2 is 2.10 bits per heavy atom. The van der Waals surface area contributed by atoms with E-state index < -0.39 is 11.6 Å². The van der Waals surface area contributed by atoms with Gasteiger partial charge >= 0.3 is 0 Å². The van der Waals surface area contributed by atoms with Crippen LogP contribution in [0.5, 0.6) is 5.75 Å². The highest BCUT2D eigenvalue weighted by atomic mass is 127. The minimum absolute atomic E-state index is 0.322. The molecule has 1 aromatic rings. The third kappa shape index (κ3) is 1.52. The third-order valence-corrected chi connectivity index (χ3v) is 1.98. The number of rotatable bonds is 0. The van der Waals surface area contributed by atoms with Crippen LogP contribution in [0.4, 0.5) is 4.39 Å². The first-order valence-corrected chi connectivity index (χ1v) is 3.90. The Labute approximate surface area is 76.0 Å². The molecule has 0 amide bonds. The SMILES string of the molecule is Oc1cc(Cl)cc(I)c1F. The zero-order valence-electron chi connectivity index (χ0n) is 4.74. The number of hydrogen-bond donors (Lipinski definition) is 1. The van der Waals surface area contributed by atoms with Crippen LogP contribution < -0.4 is 0 Å². The molecule has 1 aromatic carbocycles. The van der Waals surface area contributed by atoms with Crippen LogP contribution in [0.15, 0.2) is 12.1 Å². The molecule has 0 spiro atoms. The van der Waals surface area contributed by atoms with Crippen molar-refractivity contribution < 1.29 is 9.50 Å². The van der Waals surface area contributed by atoms with Crippen LogP contribution in [0.25, 0.3) is 0 Å². The lowest BCUT2D eigenvalue weighted by molar-refractivity contribution is 0.430. The smallest absolute Gasteiger partial charge is 0.178 e. The Hall–Kier alpha value is -0.0300. The van der Waals surface area contributed by atoms with Crippen LogP contribution in [-0.2, 0) is 0 Å². The molecule has 0 unspecified atom stereocenters. The van der Waals surface area contributed by atoms with Crippen molar-refractivity contribution in [2.75, 3.05) is 0 Å². The van der Waals surface area contributed by atoms with E-state index in [1.54, 1.807) is 22.6 Å². The second-order valence-electron chi connectivity index (χ2n) is 1.72. The van der Waals surface area contributed by atoms with Gasteiger partial charge in [-0.05, 0) is 28.7 Å². The number of phenols is 1. The molecule has 0 saturated carbocycles. The summed E-state index contributed by atoms with van der Waals surface area (Å²) >= 11 is 7.25. The largest absolute Gasteiger partial charge is 0.505 e. The molecule has 4 heteroatoms. The molecule has 0 atom stereocenters. The molecule has 0 saturated heterocycles. The third-order valence-electron chi connectivity index (χ3n) is 0.974. The standard InChI is InChI=1S/C6H3ClFIO/c7-3-1-4(9)6(8)5(10)2-3/h1-2,10H. The maximum absolute atomic E-state index is 12.6. The number of benzene rings is 1. The molecule has 10 heavy (non-hydrogen) atoms. The minimum atomic E-state index is -0.620. The number of aromatic hydroxyl groups is 1. The van der Waals surface area contributed by atoms with Crippen molar-refractivity contribution in [1.29, 1.82) is 0 Å². The van der Waals surface area contributed by atoms with Crippen molar-refractivity contribution in [3.8, 4) is 5.75 Å². The molecule has 0 heterocycles. The highest BCUT2D eigenvalue weighted by Crippen LogP contribution is 2.25. The molecule has 0 bridgehead atoms. The Balaban J connectivity index is 3.31. The summed E-state index contributed by atoms with van der Waals surface area (Å²) in [5.74, 6) is -1.03. The van der Waals surface area contributed by atoms with Gasteiger partial charge in [0.2, 0.25) is 0 Å². The van der Waals surface area contributed by atoms with Crippen molar-refractivity contribution in [3.63, 3.8) is 0 Å². The van der Waals surface area contributed by atoms with Crippen LogP contribution in [0.2, 0.25) is 5.02 Å². The van der Waals surface area contributed by atoms with E-state index in [1.807, 2.05) is 0 Å². The number of phenolic OH excluding ortho intramolecular Hbond substituents is 1. The average Bonchev–Trinajstić information content (AvgIpc) is 1.82. The minimum Gasteiger partial charge on any atom is -0.505 e. The second-order valence-corrected chi connectivity index (χ2v) is 3.32. The van der Waals surface area contributed by atoms with Crippen LogP contribution in [0.1, 0.15) is 0 Å². The summed E-state index contributed by atoms with van der Waals surface area (Å²) in [6.07, 6.45) is 0. The van der Waals surface area contributed by atoms with E-state index in [0.29, 0.717) is 8.59 Å². The number of hydrogen-bond acceptors (Lipinski definition) is 1. The van der Waals surface area contributed by atoms with Gasteiger partial charge in [-0.1, -0.05) is 11.6 Å². The van der Waals surface area contributed by atoms with E-state index >= 15 is 0 Å². The molecule has 0 aromatic heterocycles. The molecule has 1 rings (SSSR count). The molecular weight excluding hydrogens is 269 g/mol. The lowest BCUT2D eigenvalue weighted by Gasteiger charge is -1.97. The van der Waals surface area contributed by atoms with E-state index in [9.17, 15) is 4.39 Å². The highest BCUT2D eigenvalue weighted by Gasteiger charge is 2.05. The summed E-state index contributed by atoms with van der Waals surface area (Å²) in [6, 6.07) is 2.61. The first-order chi connectivity index (χ1) is 4.61. The van der Waals surface area contributed by atoms with Crippen LogP contribution in [0.3, 0.4) is 0 Å². The predicted molar refractivity (Wildman–Crippen MR) is 45.8 cm³/mol. The molecule has 0 aliphatic heterocycles. The maximum atomic E-state index is 12.6. The summed E-state index contributed by atoms with van der Waals surface area (Å²) in [6.45, 7) is 0. The van der Waals surface area contributed by atoms with E-state index in [0.717, 1.165) is 0 Å². The van der Waals surface area contributed by atoms with Gasteiger partial charge in [0.05, 0.1) is 3.57 Å². The van der Waals surface area contributed by atoms with E-state index in [-0.39, 0.29) is 0 Å². The summed E-state index contributed by atoms with van der Waals surface area (Å²) in [4.78, 5) is 0. The monoisotopic (exact) mass is 272 g/mol. The van der Waals surface area contributed by atoms with Gasteiger partial charge in [0.1, 0.15) is 0 Å². The summed E-state index contributed by atoms with van der Waals surface area (Å²) in [5.41, 5.74) is 0. The van der Waals surface area contributed by atoms with E-state index in [1.165, 1.54) is 12.1 Å². The molecule has 0 radical (unpaired) electrons. The Bertz CT molecular complexity index is 241. The fraction of sp³-hybridized carbons (Fsp3) is 0. The molecule has 1 nitrogen and oxygen atoms in total. The summed E-state index contributed by atoms with van der Waals surface area (Å²) in [7, 11) is 0. The molecule has 0 aliphatic carbocycles. The molecular formula is C6H3ClFIO. The van der Waals surface area contributed by atoms with Crippen LogP contribution >= 0.6 is 34.2 Å². The van der Waals surface area contributed by atoms with Gasteiger partial charge in [0.15, 0.2) is 11.6 Å². The van der Waals surface area contributed by atoms with Crippen molar-refractivity contribution in [1.82, 2.24) is 0 Å². The van der Waals surface area contributed by atoms with Crippen LogP contribution in [0, 0.1) is 9.39 Å². The van der Waals surface area contributed by atoms with Crippen molar-refractivity contribution in [3.05, 3.63) is 26.5 Å². The Kier molecular flexibility index (Phi) is 2.36. The van der Waals surface area contributed by atoms with Gasteiger partial charge in [-0.2, -0.15) is 0 Å². The second kappa shape index (κ2) is 2.92. The topological polar surface area (TPSA) is 20.2 Å². The zero-order chi connectivity index (χ0) is 7.72. The van der Waals surface area contributed by atoms with E-state index in [4.69, 9.17) is 16.7 Å². The van der Waals surface area contributed by atoms with Gasteiger partial charge in [-0.3, -0.25) is 0 Å². The van der Waals surface area contributed by atoms with Crippen molar-refractivity contribution in [2.45, 2.75) is 0 Å². The fourth-order valence-corrected chi connectivity index (χ4v) is 1.55. The molecule has 0 aliphatic rings. The van der Waals surface area contributed by atoms with Gasteiger partial charge in [0.25, 0.3) is 0 Å². The van der Waals surface area contributed by atoms with Gasteiger partial charge in [-0.25, -0.2) is 4.39 Å². The predicted octanol–water partition coefficient (Wildman–Crippen LogP) is 2.79. The van der Waals surface area contributed by atoms with Gasteiger partial charge in [0, 0.05) is 11.1 Å². The van der Waals surface area contributed by atoms with Crippen LogP contribution in [-0.4, -0.2) is 5.11 Å². The van der Waals surface area contributed by atoms with Gasteiger partial charge < -0.3 is 5.11 Å². The van der Waals surface area contributed by atoms with E-state index in [2.05, 4.69) is 0 Å². The zero-order valence-corrected chi connectivity index (χ0v) is 7.65. The molecule has 1 N–H and O–H groups in total. The lowest BCUT2D eigenvalue weighted by atomic mass is 10.3. The Morgan fingerprint density at radius 1 is 1.50 bits per heavy atom. The summed E-state index contributed by atoms with van der Waals surface area (Å²) in [5, 5.41) is 9.15. The fourth-order valence-electron chi connectivity index (χ4n) is 0.542. The molecule has 54 valence electrons.